The van der Waals surface area contributed by atoms with Crippen molar-refractivity contribution in [2.75, 3.05) is 5.84 Å². The lowest BCUT2D eigenvalue weighted by Gasteiger charge is -2.08. The third kappa shape index (κ3) is 3.29. The number of furan rings is 1. The van der Waals surface area contributed by atoms with Gasteiger partial charge in [-0.2, -0.15) is 0 Å². The van der Waals surface area contributed by atoms with Crippen LogP contribution in [0.5, 0.6) is 0 Å². The first-order chi connectivity index (χ1) is 13.5. The molecular formula is C19H17ClN4O3S. The molecule has 0 aliphatic rings. The number of hydrogen-bond donors (Lipinski definition) is 1. The van der Waals surface area contributed by atoms with Gasteiger partial charge in [0.1, 0.15) is 11.3 Å². The van der Waals surface area contributed by atoms with Crippen LogP contribution in [0.2, 0.25) is 5.02 Å². The van der Waals surface area contributed by atoms with Gasteiger partial charge >= 0.3 is 5.63 Å². The second kappa shape index (κ2) is 7.37. The number of hydrogen-bond acceptors (Lipinski definition) is 7. The van der Waals surface area contributed by atoms with Crippen molar-refractivity contribution in [3.8, 4) is 11.4 Å². The molecule has 9 heteroatoms. The lowest BCUT2D eigenvalue weighted by atomic mass is 10.1. The molecular weight excluding hydrogens is 400 g/mol. The molecule has 4 rings (SSSR count). The first kappa shape index (κ1) is 18.6. The summed E-state index contributed by atoms with van der Waals surface area (Å²) < 4.78 is 12.1. The highest BCUT2D eigenvalue weighted by atomic mass is 35.5. The highest BCUT2D eigenvalue weighted by molar-refractivity contribution is 7.98. The van der Waals surface area contributed by atoms with Crippen LogP contribution < -0.4 is 11.5 Å². The molecule has 28 heavy (non-hydrogen) atoms. The van der Waals surface area contributed by atoms with Crippen LogP contribution in [0.1, 0.15) is 23.8 Å². The Hall–Kier alpha value is -2.71. The Morgan fingerprint density at radius 2 is 2.07 bits per heavy atom. The Balaban J connectivity index is 1.67. The maximum absolute atomic E-state index is 12.0. The van der Waals surface area contributed by atoms with Crippen LogP contribution >= 0.6 is 23.4 Å². The van der Waals surface area contributed by atoms with Crippen molar-refractivity contribution in [1.82, 2.24) is 14.9 Å². The van der Waals surface area contributed by atoms with Crippen molar-refractivity contribution in [3.05, 3.63) is 62.9 Å². The minimum absolute atomic E-state index is 0.406. The van der Waals surface area contributed by atoms with E-state index in [4.69, 9.17) is 26.3 Å². The predicted octanol–water partition coefficient (Wildman–Crippen LogP) is 4.17. The van der Waals surface area contributed by atoms with E-state index >= 15 is 0 Å². The van der Waals surface area contributed by atoms with Crippen molar-refractivity contribution < 1.29 is 8.83 Å². The molecule has 0 aliphatic heterocycles. The van der Waals surface area contributed by atoms with E-state index in [9.17, 15) is 4.79 Å². The van der Waals surface area contributed by atoms with Gasteiger partial charge in [0.15, 0.2) is 5.82 Å². The van der Waals surface area contributed by atoms with Crippen molar-refractivity contribution in [2.45, 2.75) is 31.2 Å². The molecule has 0 unspecified atom stereocenters. The molecule has 1 aromatic carbocycles. The van der Waals surface area contributed by atoms with Crippen LogP contribution in [0.15, 0.2) is 49.3 Å². The Bertz CT molecular complexity index is 1230. The molecule has 4 aromatic rings. The predicted molar refractivity (Wildman–Crippen MR) is 109 cm³/mol. The first-order valence-electron chi connectivity index (χ1n) is 8.60. The van der Waals surface area contributed by atoms with E-state index in [1.54, 1.807) is 12.3 Å². The number of halogens is 1. The van der Waals surface area contributed by atoms with Crippen molar-refractivity contribution >= 4 is 34.3 Å². The molecule has 0 saturated heterocycles. The minimum Gasteiger partial charge on any atom is -0.469 e. The molecule has 3 heterocycles. The highest BCUT2D eigenvalue weighted by Crippen LogP contribution is 2.31. The second-order valence-electron chi connectivity index (χ2n) is 6.24. The molecule has 7 nitrogen and oxygen atoms in total. The first-order valence-corrected chi connectivity index (χ1v) is 9.97. The van der Waals surface area contributed by atoms with Gasteiger partial charge in [-0.25, -0.2) is 9.47 Å². The number of aromatic nitrogens is 3. The third-order valence-electron chi connectivity index (χ3n) is 4.50. The van der Waals surface area contributed by atoms with Crippen LogP contribution in [0, 0.1) is 6.92 Å². The van der Waals surface area contributed by atoms with E-state index in [2.05, 4.69) is 10.2 Å². The van der Waals surface area contributed by atoms with Crippen molar-refractivity contribution in [3.63, 3.8) is 0 Å². The Morgan fingerprint density at radius 3 is 2.79 bits per heavy atom. The van der Waals surface area contributed by atoms with E-state index in [1.807, 2.05) is 26.0 Å². The summed E-state index contributed by atoms with van der Waals surface area (Å²) in [4.78, 5) is 12.0. The Morgan fingerprint density at radius 1 is 1.25 bits per heavy atom. The molecule has 0 aliphatic carbocycles. The average Bonchev–Trinajstić information content (AvgIpc) is 3.24. The summed E-state index contributed by atoms with van der Waals surface area (Å²) in [7, 11) is 0. The number of aryl methyl sites for hydroxylation is 2. The zero-order valence-corrected chi connectivity index (χ0v) is 16.8. The lowest BCUT2D eigenvalue weighted by Crippen LogP contribution is -2.11. The maximum Gasteiger partial charge on any atom is 0.336 e. The van der Waals surface area contributed by atoms with Gasteiger partial charge in [-0.05, 0) is 42.7 Å². The van der Waals surface area contributed by atoms with Crippen LogP contribution in [0.25, 0.3) is 22.4 Å². The average molecular weight is 417 g/mol. The van der Waals surface area contributed by atoms with Crippen LogP contribution in [-0.4, -0.2) is 14.9 Å². The normalized spacial score (nSPS) is 11.4. The number of nitrogens with zero attached hydrogens (tertiary/aromatic N) is 3. The second-order valence-corrected chi connectivity index (χ2v) is 7.59. The van der Waals surface area contributed by atoms with E-state index in [1.165, 1.54) is 22.5 Å². The maximum atomic E-state index is 12.0. The van der Waals surface area contributed by atoms with Gasteiger partial charge in [-0.15, -0.1) is 10.2 Å². The van der Waals surface area contributed by atoms with Crippen LogP contribution in [0.3, 0.4) is 0 Å². The number of nitrogens with two attached hydrogens (primary N) is 1. The van der Waals surface area contributed by atoms with Crippen molar-refractivity contribution in [1.29, 1.82) is 0 Å². The summed E-state index contributed by atoms with van der Waals surface area (Å²) in [5.41, 5.74) is 2.63. The quantitative estimate of drug-likeness (QED) is 0.296. The zero-order chi connectivity index (χ0) is 19.8. The molecule has 2 N–H and O–H groups in total. The zero-order valence-electron chi connectivity index (χ0n) is 15.2. The van der Waals surface area contributed by atoms with Gasteiger partial charge < -0.3 is 14.7 Å². The fourth-order valence-corrected chi connectivity index (χ4v) is 4.14. The summed E-state index contributed by atoms with van der Waals surface area (Å²) >= 11 is 7.72. The standard InChI is InChI=1S/C19H17ClN4O3S/c1-3-11-6-16-14(8-15(11)20)12(7-17(25)27-16)9-28-19-23-22-18(24(19)21)13-4-5-26-10(13)2/h4-8H,3,9,21H2,1-2H3. The topological polar surface area (TPSA) is 100 Å². The lowest BCUT2D eigenvalue weighted by molar-refractivity contribution is 0.535. The molecule has 0 spiro atoms. The van der Waals surface area contributed by atoms with E-state index < -0.39 is 5.63 Å². The van der Waals surface area contributed by atoms with Crippen LogP contribution in [-0.2, 0) is 12.2 Å². The van der Waals surface area contributed by atoms with E-state index in [0.717, 1.165) is 28.5 Å². The van der Waals surface area contributed by atoms with Crippen molar-refractivity contribution in [2.24, 2.45) is 0 Å². The summed E-state index contributed by atoms with van der Waals surface area (Å²) in [5, 5.41) is 10.3. The molecule has 0 bridgehead atoms. The fraction of sp³-hybridized carbons (Fsp3) is 0.211. The van der Waals surface area contributed by atoms with Gasteiger partial charge in [-0.3, -0.25) is 0 Å². The van der Waals surface area contributed by atoms with E-state index in [0.29, 0.717) is 33.1 Å². The minimum atomic E-state index is -0.406. The molecule has 0 amide bonds. The molecule has 144 valence electrons. The summed E-state index contributed by atoms with van der Waals surface area (Å²) in [5.74, 6) is 7.85. The van der Waals surface area contributed by atoms with Gasteiger partial charge in [-0.1, -0.05) is 30.3 Å². The van der Waals surface area contributed by atoms with Gasteiger partial charge in [0, 0.05) is 22.2 Å². The molecule has 0 saturated carbocycles. The number of thioether (sulfide) groups is 1. The van der Waals surface area contributed by atoms with Crippen LogP contribution in [0.4, 0.5) is 0 Å². The molecule has 0 radical (unpaired) electrons. The number of fused-ring (bicyclic) bond motifs is 1. The Labute approximate surface area is 169 Å². The number of rotatable bonds is 5. The largest absolute Gasteiger partial charge is 0.469 e. The van der Waals surface area contributed by atoms with Gasteiger partial charge in [0.05, 0.1) is 11.8 Å². The van der Waals surface area contributed by atoms with Gasteiger partial charge in [0.2, 0.25) is 5.16 Å². The third-order valence-corrected chi connectivity index (χ3v) is 5.84. The summed E-state index contributed by atoms with van der Waals surface area (Å²) in [6.07, 6.45) is 2.33. The van der Waals surface area contributed by atoms with Gasteiger partial charge in [0.25, 0.3) is 0 Å². The SMILES string of the molecule is CCc1cc2oc(=O)cc(CSc3nnc(-c4ccoc4C)n3N)c2cc1Cl. The summed E-state index contributed by atoms with van der Waals surface area (Å²) in [6, 6.07) is 6.91. The Kier molecular flexibility index (Phi) is 4.91. The molecule has 0 atom stereocenters. The monoisotopic (exact) mass is 416 g/mol. The smallest absolute Gasteiger partial charge is 0.336 e. The molecule has 0 fully saturated rings. The van der Waals surface area contributed by atoms with E-state index in [-0.39, 0.29) is 0 Å². The summed E-state index contributed by atoms with van der Waals surface area (Å²) in [6.45, 7) is 3.83. The number of benzene rings is 1. The molecule has 3 aromatic heterocycles. The number of nitrogen functional groups attached to an aromatic ring is 1. The highest BCUT2D eigenvalue weighted by Gasteiger charge is 2.17. The fourth-order valence-electron chi connectivity index (χ4n) is 3.00.